The van der Waals surface area contributed by atoms with E-state index in [2.05, 4.69) is 39.9 Å². The van der Waals surface area contributed by atoms with Gasteiger partial charge >= 0.3 is 0 Å². The van der Waals surface area contributed by atoms with Crippen LogP contribution in [-0.2, 0) is 11.8 Å². The van der Waals surface area contributed by atoms with Crippen LogP contribution < -0.4 is 0 Å². The van der Waals surface area contributed by atoms with Crippen LogP contribution in [0.15, 0.2) is 66.0 Å². The molecule has 4 aromatic rings. The summed E-state index contributed by atoms with van der Waals surface area (Å²) in [7, 11) is 2.01. The number of carbonyl (C=O) groups excluding carboxylic acids is 1. The highest BCUT2D eigenvalue weighted by molar-refractivity contribution is 7.99. The predicted octanol–water partition coefficient (Wildman–Crippen LogP) is 5.20. The molecular weight excluding hydrogens is 424 g/mol. The van der Waals surface area contributed by atoms with Crippen molar-refractivity contribution in [3.8, 4) is 11.3 Å². The number of likely N-dealkylation sites (tertiary alicyclic amines) is 1. The number of hydrogen-bond donors (Lipinski definition) is 0. The number of thiazole rings is 1. The predicted molar refractivity (Wildman–Crippen MR) is 128 cm³/mol. The van der Waals surface area contributed by atoms with Gasteiger partial charge in [-0.3, -0.25) is 4.79 Å². The zero-order valence-electron chi connectivity index (χ0n) is 17.4. The smallest absolute Gasteiger partial charge is 0.233 e. The van der Waals surface area contributed by atoms with E-state index < -0.39 is 0 Å². The Kier molecular flexibility index (Phi) is 5.78. The highest BCUT2D eigenvalue weighted by Crippen LogP contribution is 2.33. The molecule has 1 fully saturated rings. The van der Waals surface area contributed by atoms with E-state index in [0.29, 0.717) is 11.7 Å². The SMILES string of the molecule is Cn1c(-c2ccccc2)cnc1SCC(=O)N1CCC[C@H](c2nc3ccccc3s2)C1. The highest BCUT2D eigenvalue weighted by Gasteiger charge is 2.27. The normalized spacial score (nSPS) is 16.7. The van der Waals surface area contributed by atoms with Crippen LogP contribution in [0.4, 0.5) is 0 Å². The van der Waals surface area contributed by atoms with Crippen LogP contribution in [0.3, 0.4) is 0 Å². The Morgan fingerprint density at radius 1 is 1.16 bits per heavy atom. The van der Waals surface area contributed by atoms with Crippen molar-refractivity contribution in [2.45, 2.75) is 23.9 Å². The second kappa shape index (κ2) is 8.85. The van der Waals surface area contributed by atoms with Gasteiger partial charge in [0.2, 0.25) is 5.91 Å². The van der Waals surface area contributed by atoms with Crippen molar-refractivity contribution in [2.75, 3.05) is 18.8 Å². The number of thioether (sulfide) groups is 1. The molecule has 1 aliphatic rings. The Balaban J connectivity index is 1.23. The first-order valence-corrected chi connectivity index (χ1v) is 12.3. The van der Waals surface area contributed by atoms with Gasteiger partial charge in [0.15, 0.2) is 5.16 Å². The number of amides is 1. The van der Waals surface area contributed by atoms with Gasteiger partial charge in [0.25, 0.3) is 0 Å². The molecule has 1 atom stereocenters. The van der Waals surface area contributed by atoms with Gasteiger partial charge in [0.05, 0.1) is 32.9 Å². The van der Waals surface area contributed by atoms with E-state index >= 15 is 0 Å². The number of aromatic nitrogens is 3. The third-order valence-corrected chi connectivity index (χ3v) is 8.00. The Hall–Kier alpha value is -2.64. The number of hydrogen-bond acceptors (Lipinski definition) is 5. The first kappa shape index (κ1) is 20.3. The van der Waals surface area contributed by atoms with Crippen molar-refractivity contribution >= 4 is 39.2 Å². The largest absolute Gasteiger partial charge is 0.341 e. The molecule has 31 heavy (non-hydrogen) atoms. The topological polar surface area (TPSA) is 51.0 Å². The quantitative estimate of drug-likeness (QED) is 0.394. The number of rotatable bonds is 5. The maximum atomic E-state index is 13.0. The van der Waals surface area contributed by atoms with Crippen molar-refractivity contribution in [1.82, 2.24) is 19.4 Å². The van der Waals surface area contributed by atoms with Crippen LogP contribution >= 0.6 is 23.1 Å². The van der Waals surface area contributed by atoms with Gasteiger partial charge in [-0.1, -0.05) is 54.2 Å². The van der Waals surface area contributed by atoms with E-state index in [0.717, 1.165) is 52.9 Å². The van der Waals surface area contributed by atoms with Crippen LogP contribution in [0, 0.1) is 0 Å². The van der Waals surface area contributed by atoms with Gasteiger partial charge in [-0.25, -0.2) is 9.97 Å². The Bertz CT molecular complexity index is 1170. The lowest BCUT2D eigenvalue weighted by Crippen LogP contribution is -2.40. The van der Waals surface area contributed by atoms with Crippen molar-refractivity contribution in [3.05, 3.63) is 65.8 Å². The third kappa shape index (κ3) is 4.25. The van der Waals surface area contributed by atoms with Crippen LogP contribution in [0.1, 0.15) is 23.8 Å². The first-order chi connectivity index (χ1) is 15.2. The molecule has 7 heteroatoms. The average molecular weight is 449 g/mol. The minimum absolute atomic E-state index is 0.181. The molecular formula is C24H24N4OS2. The van der Waals surface area contributed by atoms with Gasteiger partial charge < -0.3 is 9.47 Å². The molecule has 1 amide bonds. The summed E-state index contributed by atoms with van der Waals surface area (Å²) in [5.41, 5.74) is 3.25. The molecule has 1 aliphatic heterocycles. The van der Waals surface area contributed by atoms with Gasteiger partial charge in [0, 0.05) is 26.1 Å². The lowest BCUT2D eigenvalue weighted by Gasteiger charge is -2.31. The maximum absolute atomic E-state index is 13.0. The fourth-order valence-electron chi connectivity index (χ4n) is 4.09. The van der Waals surface area contributed by atoms with Crippen molar-refractivity contribution in [3.63, 3.8) is 0 Å². The molecule has 0 N–H and O–H groups in total. The first-order valence-electron chi connectivity index (χ1n) is 10.5. The van der Waals surface area contributed by atoms with Crippen LogP contribution in [0.25, 0.3) is 21.5 Å². The average Bonchev–Trinajstić information content (AvgIpc) is 3.41. The Morgan fingerprint density at radius 3 is 2.81 bits per heavy atom. The van der Waals surface area contributed by atoms with E-state index in [4.69, 9.17) is 4.98 Å². The molecule has 2 aromatic heterocycles. The van der Waals surface area contributed by atoms with E-state index in [1.54, 1.807) is 11.3 Å². The van der Waals surface area contributed by atoms with E-state index in [-0.39, 0.29) is 5.91 Å². The summed E-state index contributed by atoms with van der Waals surface area (Å²) in [6, 6.07) is 18.5. The number of fused-ring (bicyclic) bond motifs is 1. The minimum Gasteiger partial charge on any atom is -0.341 e. The second-order valence-electron chi connectivity index (χ2n) is 7.84. The monoisotopic (exact) mass is 448 g/mol. The lowest BCUT2D eigenvalue weighted by molar-refractivity contribution is -0.129. The summed E-state index contributed by atoms with van der Waals surface area (Å²) in [6.07, 6.45) is 4.00. The number of nitrogens with zero attached hydrogens (tertiary/aromatic N) is 4. The summed E-state index contributed by atoms with van der Waals surface area (Å²) in [5.74, 6) is 0.920. The van der Waals surface area contributed by atoms with E-state index in [1.165, 1.54) is 16.5 Å². The van der Waals surface area contributed by atoms with Crippen LogP contribution in [0.5, 0.6) is 0 Å². The summed E-state index contributed by atoms with van der Waals surface area (Å²) < 4.78 is 3.29. The summed E-state index contributed by atoms with van der Waals surface area (Å²) >= 11 is 3.28. The number of para-hydroxylation sites is 1. The molecule has 158 valence electrons. The van der Waals surface area contributed by atoms with Crippen molar-refractivity contribution in [2.24, 2.45) is 7.05 Å². The molecule has 1 saturated heterocycles. The summed E-state index contributed by atoms with van der Waals surface area (Å²) in [4.78, 5) is 24.3. The molecule has 0 saturated carbocycles. The van der Waals surface area contributed by atoms with Gasteiger partial charge in [0.1, 0.15) is 0 Å². The van der Waals surface area contributed by atoms with Gasteiger partial charge in [-0.15, -0.1) is 11.3 Å². The minimum atomic E-state index is 0.181. The van der Waals surface area contributed by atoms with E-state index in [9.17, 15) is 4.79 Å². The molecule has 5 nitrogen and oxygen atoms in total. The molecule has 0 unspecified atom stereocenters. The van der Waals surface area contributed by atoms with Crippen LogP contribution in [0.2, 0.25) is 0 Å². The number of benzene rings is 2. The number of piperidine rings is 1. The molecule has 2 aromatic carbocycles. The molecule has 0 radical (unpaired) electrons. The standard InChI is InChI=1S/C24H24N4OS2/c1-27-20(17-8-3-2-4-9-17)14-25-24(27)30-16-22(29)28-13-7-10-18(15-28)23-26-19-11-5-6-12-21(19)31-23/h2-6,8-9,11-12,14,18H,7,10,13,15-16H2,1H3/t18-/m0/s1. The molecule has 0 bridgehead atoms. The number of carbonyl (C=O) groups is 1. The zero-order chi connectivity index (χ0) is 21.2. The highest BCUT2D eigenvalue weighted by atomic mass is 32.2. The molecule has 0 aliphatic carbocycles. The maximum Gasteiger partial charge on any atom is 0.233 e. The Morgan fingerprint density at radius 2 is 1.97 bits per heavy atom. The molecule has 0 spiro atoms. The van der Waals surface area contributed by atoms with Crippen molar-refractivity contribution < 1.29 is 4.79 Å². The van der Waals surface area contributed by atoms with Gasteiger partial charge in [-0.05, 0) is 30.5 Å². The van der Waals surface area contributed by atoms with Crippen LogP contribution in [-0.4, -0.2) is 44.2 Å². The zero-order valence-corrected chi connectivity index (χ0v) is 19.0. The lowest BCUT2D eigenvalue weighted by atomic mass is 9.99. The van der Waals surface area contributed by atoms with Crippen molar-refractivity contribution in [1.29, 1.82) is 0 Å². The summed E-state index contributed by atoms with van der Waals surface area (Å²) in [6.45, 7) is 1.59. The fourth-order valence-corrected chi connectivity index (χ4v) is 6.04. The molecule has 5 rings (SSSR count). The Labute approximate surface area is 190 Å². The second-order valence-corrected chi connectivity index (χ2v) is 9.84. The van der Waals surface area contributed by atoms with E-state index in [1.807, 2.05) is 42.4 Å². The fraction of sp³-hybridized carbons (Fsp3) is 0.292. The third-order valence-electron chi connectivity index (χ3n) is 5.77. The summed E-state index contributed by atoms with van der Waals surface area (Å²) in [5, 5.41) is 2.02. The number of imidazole rings is 1. The molecule has 3 heterocycles. The van der Waals surface area contributed by atoms with Gasteiger partial charge in [-0.2, -0.15) is 0 Å².